The molecule has 8 heteroatoms. The van der Waals surface area contributed by atoms with Crippen LogP contribution < -0.4 is 10.5 Å². The number of aliphatic hydroxyl groups excluding tert-OH is 1. The van der Waals surface area contributed by atoms with Crippen molar-refractivity contribution in [2.45, 2.75) is 12.6 Å². The van der Waals surface area contributed by atoms with Crippen molar-refractivity contribution in [2.75, 3.05) is 31.2 Å². The maximum atomic E-state index is 12.8. The third-order valence-corrected chi connectivity index (χ3v) is 6.01. The number of nitrogens with zero attached hydrogens (tertiary/aromatic N) is 3. The molecule has 1 unspecified atom stereocenters. The highest BCUT2D eigenvalue weighted by atomic mass is 35.5. The predicted octanol–water partition coefficient (Wildman–Crippen LogP) is 3.29. The first kappa shape index (κ1) is 20.8. The standard InChI is InChI=1S/C24H23ClN4O3/c25-18-3-1-2-16(8-18)13-29-5-4-17(9-23(29)31)22-12-27-24-21(22)10-19(11-26-24)28-6-7-32-20(14-28)15-30/h1-5,8-12,20,30H,6-7,13-15H2,(H,26,27). The lowest BCUT2D eigenvalue weighted by Gasteiger charge is -2.33. The maximum Gasteiger partial charge on any atom is 0.251 e. The SMILES string of the molecule is O=c1cc(-c2c[nH]c3ncc(N4CCOC(CO)C4)cc23)ccn1Cc1cccc(Cl)c1. The largest absolute Gasteiger partial charge is 0.394 e. The molecule has 0 radical (unpaired) electrons. The Hall–Kier alpha value is -3.13. The van der Waals surface area contributed by atoms with Gasteiger partial charge < -0.3 is 24.3 Å². The summed E-state index contributed by atoms with van der Waals surface area (Å²) in [6, 6.07) is 13.2. The summed E-state index contributed by atoms with van der Waals surface area (Å²) in [5, 5.41) is 11.0. The third kappa shape index (κ3) is 4.14. The first-order valence-corrected chi connectivity index (χ1v) is 10.9. The van der Waals surface area contributed by atoms with Crippen LogP contribution in [-0.2, 0) is 11.3 Å². The number of rotatable bonds is 5. The fraction of sp³-hybridized carbons (Fsp3) is 0.250. The van der Waals surface area contributed by atoms with Crippen molar-refractivity contribution in [3.05, 3.63) is 82.0 Å². The summed E-state index contributed by atoms with van der Waals surface area (Å²) in [4.78, 5) is 22.7. The van der Waals surface area contributed by atoms with E-state index in [9.17, 15) is 9.90 Å². The molecule has 164 valence electrons. The third-order valence-electron chi connectivity index (χ3n) is 5.77. The number of benzene rings is 1. The summed E-state index contributed by atoms with van der Waals surface area (Å²) >= 11 is 6.06. The van der Waals surface area contributed by atoms with Crippen LogP contribution in [0.15, 0.2) is 65.8 Å². The number of morpholine rings is 1. The zero-order valence-corrected chi connectivity index (χ0v) is 18.1. The Morgan fingerprint density at radius 2 is 2.16 bits per heavy atom. The average Bonchev–Trinajstić information content (AvgIpc) is 3.24. The molecular weight excluding hydrogens is 428 g/mol. The number of aliphatic hydroxyl groups is 1. The van der Waals surface area contributed by atoms with E-state index in [2.05, 4.69) is 20.9 Å². The first-order valence-electron chi connectivity index (χ1n) is 10.5. The van der Waals surface area contributed by atoms with Crippen LogP contribution in [0, 0.1) is 0 Å². The molecular formula is C24H23ClN4O3. The molecule has 4 heterocycles. The van der Waals surface area contributed by atoms with Gasteiger partial charge in [-0.05, 0) is 35.4 Å². The van der Waals surface area contributed by atoms with Gasteiger partial charge >= 0.3 is 0 Å². The summed E-state index contributed by atoms with van der Waals surface area (Å²) in [6.07, 6.45) is 5.32. The Labute approximate surface area is 189 Å². The summed E-state index contributed by atoms with van der Waals surface area (Å²) < 4.78 is 7.22. The quantitative estimate of drug-likeness (QED) is 0.487. The van der Waals surface area contributed by atoms with Gasteiger partial charge in [-0.3, -0.25) is 4.79 Å². The van der Waals surface area contributed by atoms with Gasteiger partial charge in [0.15, 0.2) is 0 Å². The van der Waals surface area contributed by atoms with Gasteiger partial charge in [-0.1, -0.05) is 23.7 Å². The summed E-state index contributed by atoms with van der Waals surface area (Å²) in [5.74, 6) is 0. The van der Waals surface area contributed by atoms with Gasteiger partial charge in [-0.25, -0.2) is 4.98 Å². The van der Waals surface area contributed by atoms with Crippen molar-refractivity contribution in [1.29, 1.82) is 0 Å². The van der Waals surface area contributed by atoms with Gasteiger partial charge in [-0.2, -0.15) is 0 Å². The molecule has 1 fully saturated rings. The Bertz CT molecular complexity index is 1320. The highest BCUT2D eigenvalue weighted by Crippen LogP contribution is 2.30. The van der Waals surface area contributed by atoms with E-state index in [0.717, 1.165) is 40.0 Å². The molecule has 1 aliphatic heterocycles. The molecule has 0 saturated carbocycles. The second-order valence-corrected chi connectivity index (χ2v) is 8.36. The minimum absolute atomic E-state index is 0.00689. The summed E-state index contributed by atoms with van der Waals surface area (Å²) in [7, 11) is 0. The van der Waals surface area contributed by atoms with Crippen LogP contribution in [0.4, 0.5) is 5.69 Å². The van der Waals surface area contributed by atoms with E-state index in [1.165, 1.54) is 0 Å². The van der Waals surface area contributed by atoms with Crippen molar-refractivity contribution >= 4 is 28.3 Å². The van der Waals surface area contributed by atoms with Gasteiger partial charge in [0.05, 0.1) is 37.7 Å². The van der Waals surface area contributed by atoms with E-state index in [-0.39, 0.29) is 18.3 Å². The number of fused-ring (bicyclic) bond motifs is 1. The van der Waals surface area contributed by atoms with Crippen molar-refractivity contribution in [3.8, 4) is 11.1 Å². The van der Waals surface area contributed by atoms with Crippen molar-refractivity contribution in [3.63, 3.8) is 0 Å². The number of nitrogens with one attached hydrogen (secondary N) is 1. The Morgan fingerprint density at radius 3 is 2.97 bits per heavy atom. The monoisotopic (exact) mass is 450 g/mol. The van der Waals surface area contributed by atoms with Gasteiger partial charge in [-0.15, -0.1) is 0 Å². The molecule has 4 aromatic rings. The number of ether oxygens (including phenoxy) is 1. The average molecular weight is 451 g/mol. The van der Waals surface area contributed by atoms with Gasteiger partial charge in [0.1, 0.15) is 5.65 Å². The van der Waals surface area contributed by atoms with Crippen molar-refractivity contribution < 1.29 is 9.84 Å². The number of halogens is 1. The minimum atomic E-state index is -0.197. The lowest BCUT2D eigenvalue weighted by Crippen LogP contribution is -2.44. The number of anilines is 1. The zero-order chi connectivity index (χ0) is 22.1. The van der Waals surface area contributed by atoms with E-state index in [1.807, 2.05) is 48.9 Å². The number of aromatic nitrogens is 3. The van der Waals surface area contributed by atoms with Crippen LogP contribution in [0.3, 0.4) is 0 Å². The van der Waals surface area contributed by atoms with Gasteiger partial charge in [0.25, 0.3) is 5.56 Å². The minimum Gasteiger partial charge on any atom is -0.394 e. The number of H-pyrrole nitrogens is 1. The van der Waals surface area contributed by atoms with E-state index in [1.54, 1.807) is 10.6 Å². The van der Waals surface area contributed by atoms with Crippen molar-refractivity contribution in [1.82, 2.24) is 14.5 Å². The highest BCUT2D eigenvalue weighted by Gasteiger charge is 2.21. The molecule has 2 N–H and O–H groups in total. The highest BCUT2D eigenvalue weighted by molar-refractivity contribution is 6.30. The predicted molar refractivity (Wildman–Crippen MR) is 125 cm³/mol. The van der Waals surface area contributed by atoms with Gasteiger partial charge in [0, 0.05) is 47.5 Å². The number of hydrogen-bond acceptors (Lipinski definition) is 5. The molecule has 32 heavy (non-hydrogen) atoms. The fourth-order valence-electron chi connectivity index (χ4n) is 4.11. The van der Waals surface area contributed by atoms with Crippen LogP contribution in [0.1, 0.15) is 5.56 Å². The number of aromatic amines is 1. The van der Waals surface area contributed by atoms with E-state index in [4.69, 9.17) is 16.3 Å². The molecule has 1 aliphatic rings. The van der Waals surface area contributed by atoms with Crippen molar-refractivity contribution in [2.24, 2.45) is 0 Å². The van der Waals surface area contributed by atoms with E-state index >= 15 is 0 Å². The molecule has 0 spiro atoms. The van der Waals surface area contributed by atoms with Crippen LogP contribution >= 0.6 is 11.6 Å². The zero-order valence-electron chi connectivity index (χ0n) is 17.4. The molecule has 7 nitrogen and oxygen atoms in total. The normalized spacial score (nSPS) is 16.6. The number of hydrogen-bond donors (Lipinski definition) is 2. The maximum absolute atomic E-state index is 12.8. The second kappa shape index (κ2) is 8.78. The van der Waals surface area contributed by atoms with Crippen LogP contribution in [0.5, 0.6) is 0 Å². The molecule has 1 aromatic carbocycles. The molecule has 1 atom stereocenters. The molecule has 0 aliphatic carbocycles. The second-order valence-electron chi connectivity index (χ2n) is 7.92. The number of pyridine rings is 2. The molecule has 1 saturated heterocycles. The lowest BCUT2D eigenvalue weighted by molar-refractivity contribution is 0.00356. The van der Waals surface area contributed by atoms with Crippen LogP contribution in [-0.4, -0.2) is 52.0 Å². The van der Waals surface area contributed by atoms with Gasteiger partial charge in [0.2, 0.25) is 0 Å². The van der Waals surface area contributed by atoms with E-state index < -0.39 is 0 Å². The Balaban J connectivity index is 1.45. The van der Waals surface area contributed by atoms with Crippen LogP contribution in [0.25, 0.3) is 22.2 Å². The Kier molecular flexibility index (Phi) is 5.70. The topological polar surface area (TPSA) is 83.4 Å². The first-order chi connectivity index (χ1) is 15.6. The smallest absolute Gasteiger partial charge is 0.251 e. The molecule has 0 amide bonds. The molecule has 0 bridgehead atoms. The Morgan fingerprint density at radius 1 is 1.25 bits per heavy atom. The lowest BCUT2D eigenvalue weighted by atomic mass is 10.1. The van der Waals surface area contributed by atoms with E-state index in [0.29, 0.717) is 24.7 Å². The summed E-state index contributed by atoms with van der Waals surface area (Å²) in [6.45, 7) is 2.37. The molecule has 3 aromatic heterocycles. The summed E-state index contributed by atoms with van der Waals surface area (Å²) in [5.41, 5.74) is 4.37. The fourth-order valence-corrected chi connectivity index (χ4v) is 4.32. The van der Waals surface area contributed by atoms with Crippen LogP contribution in [0.2, 0.25) is 5.02 Å². The molecule has 5 rings (SSSR count).